The summed E-state index contributed by atoms with van der Waals surface area (Å²) < 4.78 is 1.78. The third kappa shape index (κ3) is 1.87. The van der Waals surface area contributed by atoms with Gasteiger partial charge in [0.25, 0.3) is 5.69 Å². The lowest BCUT2D eigenvalue weighted by Gasteiger charge is -2.01. The van der Waals surface area contributed by atoms with Gasteiger partial charge in [0, 0.05) is 9.64 Å². The van der Waals surface area contributed by atoms with E-state index in [1.807, 2.05) is 29.5 Å². The highest BCUT2D eigenvalue weighted by Crippen LogP contribution is 2.26. The van der Waals surface area contributed by atoms with Crippen molar-refractivity contribution in [3.8, 4) is 0 Å². The van der Waals surface area contributed by atoms with Gasteiger partial charge in [0.15, 0.2) is 0 Å². The molecule has 64 valence electrons. The fraction of sp³-hybridized carbons (Fsp3) is 0.143. The van der Waals surface area contributed by atoms with Crippen molar-refractivity contribution in [3.63, 3.8) is 0 Å². The lowest BCUT2D eigenvalue weighted by Crippen LogP contribution is -1.95. The fourth-order valence-corrected chi connectivity index (χ4v) is 2.42. The first-order valence-electron chi connectivity index (χ1n) is 3.13. The average molecular weight is 389 g/mol. The second kappa shape index (κ2) is 3.86. The zero-order valence-corrected chi connectivity index (χ0v) is 10.5. The Balaban J connectivity index is 3.36. The first kappa shape index (κ1) is 10.2. The van der Waals surface area contributed by atoms with Gasteiger partial charge in [-0.25, -0.2) is 0 Å². The van der Waals surface area contributed by atoms with Gasteiger partial charge in [-0.3, -0.25) is 10.1 Å². The number of nitrogens with zero attached hydrogens (tertiary/aromatic N) is 1. The first-order valence-corrected chi connectivity index (χ1v) is 5.28. The quantitative estimate of drug-likeness (QED) is 0.421. The summed E-state index contributed by atoms with van der Waals surface area (Å²) in [5.41, 5.74) is 1.17. The summed E-state index contributed by atoms with van der Waals surface area (Å²) in [7, 11) is 0. The molecule has 5 heteroatoms. The van der Waals surface area contributed by atoms with Crippen LogP contribution in [0.2, 0.25) is 0 Å². The van der Waals surface area contributed by atoms with Crippen molar-refractivity contribution in [1.29, 1.82) is 0 Å². The normalized spacial score (nSPS) is 9.92. The molecule has 3 nitrogen and oxygen atoms in total. The van der Waals surface area contributed by atoms with E-state index in [9.17, 15) is 10.1 Å². The maximum atomic E-state index is 10.5. The number of benzene rings is 1. The van der Waals surface area contributed by atoms with Crippen LogP contribution in [0.4, 0.5) is 5.69 Å². The van der Waals surface area contributed by atoms with Crippen molar-refractivity contribution in [2.75, 3.05) is 0 Å². The second-order valence-corrected chi connectivity index (χ2v) is 4.50. The molecule has 0 heterocycles. The van der Waals surface area contributed by atoms with E-state index in [2.05, 4.69) is 22.6 Å². The molecule has 0 aliphatic rings. The Morgan fingerprint density at radius 3 is 2.50 bits per heavy atom. The van der Waals surface area contributed by atoms with Gasteiger partial charge in [0.2, 0.25) is 0 Å². The van der Waals surface area contributed by atoms with Crippen LogP contribution in [0.3, 0.4) is 0 Å². The van der Waals surface area contributed by atoms with Gasteiger partial charge < -0.3 is 0 Å². The minimum Gasteiger partial charge on any atom is -0.258 e. The smallest absolute Gasteiger partial charge is 0.258 e. The van der Waals surface area contributed by atoms with Crippen LogP contribution in [-0.2, 0) is 0 Å². The summed E-state index contributed by atoms with van der Waals surface area (Å²) in [6.07, 6.45) is 0. The van der Waals surface area contributed by atoms with Crippen LogP contribution in [0.5, 0.6) is 0 Å². The van der Waals surface area contributed by atoms with Crippen molar-refractivity contribution in [1.82, 2.24) is 0 Å². The number of rotatable bonds is 1. The van der Waals surface area contributed by atoms with E-state index < -0.39 is 0 Å². The van der Waals surface area contributed by atoms with Gasteiger partial charge in [0.05, 0.1) is 8.49 Å². The summed E-state index contributed by atoms with van der Waals surface area (Å²) in [6.45, 7) is 1.89. The molecule has 0 amide bonds. The molecular weight excluding hydrogens is 384 g/mol. The van der Waals surface area contributed by atoms with Crippen molar-refractivity contribution in [2.24, 2.45) is 0 Å². The largest absolute Gasteiger partial charge is 0.282 e. The van der Waals surface area contributed by atoms with Crippen LogP contribution in [0, 0.1) is 24.2 Å². The summed E-state index contributed by atoms with van der Waals surface area (Å²) >= 11 is 4.16. The highest BCUT2D eigenvalue weighted by molar-refractivity contribution is 14.1. The summed E-state index contributed by atoms with van der Waals surface area (Å²) in [5, 5.41) is 10.5. The summed E-state index contributed by atoms with van der Waals surface area (Å²) in [6, 6.07) is 3.30. The lowest BCUT2D eigenvalue weighted by molar-refractivity contribution is -0.385. The van der Waals surface area contributed by atoms with Gasteiger partial charge in [-0.2, -0.15) is 0 Å². The summed E-state index contributed by atoms with van der Waals surface area (Å²) in [4.78, 5) is 10.1. The number of nitro benzene ring substituents is 1. The van der Waals surface area contributed by atoms with Gasteiger partial charge in [0.1, 0.15) is 0 Å². The molecule has 1 aromatic rings. The molecule has 0 saturated carbocycles. The van der Waals surface area contributed by atoms with Crippen molar-refractivity contribution in [2.45, 2.75) is 6.92 Å². The lowest BCUT2D eigenvalue weighted by atomic mass is 10.2. The molecule has 0 spiro atoms. The van der Waals surface area contributed by atoms with E-state index in [-0.39, 0.29) is 10.6 Å². The third-order valence-corrected chi connectivity index (χ3v) is 4.03. The number of halogens is 2. The average Bonchev–Trinajstić information content (AvgIpc) is 2.00. The Kier molecular flexibility index (Phi) is 3.27. The van der Waals surface area contributed by atoms with Crippen LogP contribution in [0.15, 0.2) is 12.1 Å². The Morgan fingerprint density at radius 1 is 1.42 bits per heavy atom. The molecule has 0 bridgehead atoms. The van der Waals surface area contributed by atoms with Gasteiger partial charge in [-0.15, -0.1) is 0 Å². The molecule has 1 rings (SSSR count). The maximum Gasteiger partial charge on any atom is 0.282 e. The van der Waals surface area contributed by atoms with E-state index in [1.165, 1.54) is 6.07 Å². The molecule has 0 saturated heterocycles. The predicted octanol–water partition coefficient (Wildman–Crippen LogP) is 3.11. The molecule has 0 aliphatic carbocycles. The Morgan fingerprint density at radius 2 is 2.00 bits per heavy atom. The van der Waals surface area contributed by atoms with Gasteiger partial charge >= 0.3 is 0 Å². The highest BCUT2D eigenvalue weighted by atomic mass is 127. The van der Waals surface area contributed by atoms with Crippen LogP contribution in [0.1, 0.15) is 5.56 Å². The van der Waals surface area contributed by atoms with Crippen LogP contribution in [-0.4, -0.2) is 4.92 Å². The van der Waals surface area contributed by atoms with E-state index in [4.69, 9.17) is 0 Å². The Hall–Kier alpha value is 0.0800. The molecule has 0 radical (unpaired) electrons. The van der Waals surface area contributed by atoms with E-state index in [0.29, 0.717) is 0 Å². The zero-order valence-electron chi connectivity index (χ0n) is 6.17. The second-order valence-electron chi connectivity index (χ2n) is 2.26. The minimum absolute atomic E-state index is 0.188. The highest BCUT2D eigenvalue weighted by Gasteiger charge is 2.14. The zero-order chi connectivity index (χ0) is 9.30. The fourth-order valence-electron chi connectivity index (χ4n) is 0.788. The molecule has 12 heavy (non-hydrogen) atoms. The van der Waals surface area contributed by atoms with E-state index in [0.717, 1.165) is 12.7 Å². The first-order chi connectivity index (χ1) is 5.54. The molecular formula is C7H5I2NO2. The predicted molar refractivity (Wildman–Crippen MR) is 63.3 cm³/mol. The number of hydrogen-bond donors (Lipinski definition) is 0. The van der Waals surface area contributed by atoms with Gasteiger partial charge in [-0.1, -0.05) is 0 Å². The van der Waals surface area contributed by atoms with Crippen LogP contribution >= 0.6 is 45.2 Å². The summed E-state index contributed by atoms with van der Waals surface area (Å²) in [5.74, 6) is 0. The molecule has 0 fully saturated rings. The molecule has 0 aromatic heterocycles. The van der Waals surface area contributed by atoms with Crippen molar-refractivity contribution < 1.29 is 4.92 Å². The SMILES string of the molecule is Cc1c(I)ccc([N+](=O)[O-])c1I. The topological polar surface area (TPSA) is 43.1 Å². The van der Waals surface area contributed by atoms with Crippen molar-refractivity contribution in [3.05, 3.63) is 35.0 Å². The third-order valence-electron chi connectivity index (χ3n) is 1.50. The van der Waals surface area contributed by atoms with E-state index in [1.54, 1.807) is 6.07 Å². The minimum atomic E-state index is -0.356. The Labute approximate surface area is 97.0 Å². The maximum absolute atomic E-state index is 10.5. The van der Waals surface area contributed by atoms with Crippen LogP contribution in [0.25, 0.3) is 0 Å². The van der Waals surface area contributed by atoms with E-state index >= 15 is 0 Å². The molecule has 0 N–H and O–H groups in total. The number of hydrogen-bond acceptors (Lipinski definition) is 2. The Bertz CT molecular complexity index is 338. The van der Waals surface area contributed by atoms with Crippen LogP contribution < -0.4 is 0 Å². The standard InChI is InChI=1S/C7H5I2NO2/c1-4-5(8)2-3-6(7(4)9)10(11)12/h2-3H,1H3. The molecule has 0 aliphatic heterocycles. The molecule has 0 atom stereocenters. The van der Waals surface area contributed by atoms with Crippen molar-refractivity contribution >= 4 is 50.9 Å². The number of nitro groups is 1. The molecule has 1 aromatic carbocycles. The monoisotopic (exact) mass is 389 g/mol. The molecule has 0 unspecified atom stereocenters. The van der Waals surface area contributed by atoms with Gasteiger partial charge in [-0.05, 0) is 63.7 Å².